The highest BCUT2D eigenvalue weighted by Gasteiger charge is 2.11. The number of carbonyl (C=O) groups is 1. The van der Waals surface area contributed by atoms with Gasteiger partial charge in [0.15, 0.2) is 11.6 Å². The molecule has 122 valence electrons. The molecule has 0 aliphatic heterocycles. The summed E-state index contributed by atoms with van der Waals surface area (Å²) in [4.78, 5) is 19.5. The lowest BCUT2D eigenvalue weighted by Gasteiger charge is -2.06. The Kier molecular flexibility index (Phi) is 4.56. The lowest BCUT2D eigenvalue weighted by Crippen LogP contribution is -2.23. The van der Waals surface area contributed by atoms with Crippen molar-refractivity contribution < 1.29 is 13.9 Å². The van der Waals surface area contributed by atoms with Gasteiger partial charge in [0.05, 0.1) is 25.5 Å². The van der Waals surface area contributed by atoms with E-state index in [-0.39, 0.29) is 23.8 Å². The molecule has 0 fully saturated rings. The Morgan fingerprint density at radius 2 is 2.04 bits per heavy atom. The highest BCUT2D eigenvalue weighted by Crippen LogP contribution is 2.18. The predicted octanol–water partition coefficient (Wildman–Crippen LogP) is 3.15. The summed E-state index contributed by atoms with van der Waals surface area (Å²) in [5.41, 5.74) is 2.11. The van der Waals surface area contributed by atoms with Crippen molar-refractivity contribution in [2.24, 2.45) is 0 Å². The summed E-state index contributed by atoms with van der Waals surface area (Å²) >= 11 is 0. The standard InChI is InChI=1S/C18H16FN3O2/c1-24-16-8-7-13(9-14(16)19)18(23)21-11-17-20-10-15(22-17)12-5-3-2-4-6-12/h2-10H,11H2,1H3,(H,20,22)(H,21,23). The topological polar surface area (TPSA) is 67.0 Å². The fourth-order valence-electron chi connectivity index (χ4n) is 2.29. The molecule has 2 N–H and O–H groups in total. The van der Waals surface area contributed by atoms with Crippen molar-refractivity contribution in [2.45, 2.75) is 6.54 Å². The number of methoxy groups -OCH3 is 1. The second-order valence-electron chi connectivity index (χ2n) is 5.14. The first-order chi connectivity index (χ1) is 11.7. The minimum absolute atomic E-state index is 0.102. The molecular formula is C18H16FN3O2. The zero-order chi connectivity index (χ0) is 16.9. The van der Waals surface area contributed by atoms with E-state index in [2.05, 4.69) is 15.3 Å². The maximum absolute atomic E-state index is 13.6. The summed E-state index contributed by atoms with van der Waals surface area (Å²) in [5.74, 6) is -0.231. The molecule has 0 unspecified atom stereocenters. The highest BCUT2D eigenvalue weighted by atomic mass is 19.1. The van der Waals surface area contributed by atoms with E-state index in [1.165, 1.54) is 19.2 Å². The zero-order valence-corrected chi connectivity index (χ0v) is 13.0. The second kappa shape index (κ2) is 6.95. The van der Waals surface area contributed by atoms with E-state index >= 15 is 0 Å². The number of amides is 1. The van der Waals surface area contributed by atoms with Gasteiger partial charge in [-0.2, -0.15) is 0 Å². The van der Waals surface area contributed by atoms with Gasteiger partial charge in [-0.05, 0) is 23.8 Å². The molecule has 0 spiro atoms. The number of carbonyl (C=O) groups excluding carboxylic acids is 1. The average molecular weight is 325 g/mol. The van der Waals surface area contributed by atoms with E-state index in [0.717, 1.165) is 17.3 Å². The van der Waals surface area contributed by atoms with Gasteiger partial charge in [0.2, 0.25) is 0 Å². The minimum atomic E-state index is -0.575. The number of benzene rings is 2. The number of aromatic amines is 1. The fourth-order valence-corrected chi connectivity index (χ4v) is 2.29. The monoisotopic (exact) mass is 325 g/mol. The van der Waals surface area contributed by atoms with Crippen molar-refractivity contribution in [3.63, 3.8) is 0 Å². The Hall–Kier alpha value is -3.15. The van der Waals surface area contributed by atoms with Crippen molar-refractivity contribution in [3.05, 3.63) is 71.9 Å². The van der Waals surface area contributed by atoms with E-state index in [4.69, 9.17) is 4.74 Å². The molecule has 5 nitrogen and oxygen atoms in total. The van der Waals surface area contributed by atoms with E-state index in [0.29, 0.717) is 5.82 Å². The van der Waals surface area contributed by atoms with Crippen LogP contribution in [-0.4, -0.2) is 23.0 Å². The number of imidazole rings is 1. The van der Waals surface area contributed by atoms with Gasteiger partial charge in [-0.25, -0.2) is 9.37 Å². The van der Waals surface area contributed by atoms with Gasteiger partial charge in [0, 0.05) is 5.56 Å². The number of H-pyrrole nitrogens is 1. The van der Waals surface area contributed by atoms with Crippen LogP contribution in [0.4, 0.5) is 4.39 Å². The van der Waals surface area contributed by atoms with Crippen molar-refractivity contribution >= 4 is 5.91 Å². The van der Waals surface area contributed by atoms with Crippen LogP contribution in [0.5, 0.6) is 5.75 Å². The van der Waals surface area contributed by atoms with Crippen LogP contribution in [0.2, 0.25) is 0 Å². The third-order valence-electron chi connectivity index (χ3n) is 3.54. The largest absolute Gasteiger partial charge is 0.494 e. The van der Waals surface area contributed by atoms with E-state index in [9.17, 15) is 9.18 Å². The first-order valence-electron chi connectivity index (χ1n) is 7.38. The molecule has 3 rings (SSSR count). The molecule has 1 amide bonds. The van der Waals surface area contributed by atoms with Crippen LogP contribution < -0.4 is 10.1 Å². The molecule has 24 heavy (non-hydrogen) atoms. The minimum Gasteiger partial charge on any atom is -0.494 e. The number of aromatic nitrogens is 2. The molecule has 1 aromatic heterocycles. The third-order valence-corrected chi connectivity index (χ3v) is 3.54. The molecule has 0 aliphatic rings. The maximum atomic E-state index is 13.6. The molecule has 0 saturated heterocycles. The normalized spacial score (nSPS) is 10.4. The van der Waals surface area contributed by atoms with E-state index in [1.807, 2.05) is 30.3 Å². The number of ether oxygens (including phenoxy) is 1. The van der Waals surface area contributed by atoms with Crippen LogP contribution in [0.25, 0.3) is 11.3 Å². The van der Waals surface area contributed by atoms with Crippen LogP contribution in [0.3, 0.4) is 0 Å². The summed E-state index contributed by atoms with van der Waals surface area (Å²) in [6, 6.07) is 13.8. The first-order valence-corrected chi connectivity index (χ1v) is 7.38. The second-order valence-corrected chi connectivity index (χ2v) is 5.14. The van der Waals surface area contributed by atoms with Gasteiger partial charge in [-0.1, -0.05) is 30.3 Å². The Balaban J connectivity index is 1.65. The van der Waals surface area contributed by atoms with Gasteiger partial charge >= 0.3 is 0 Å². The Morgan fingerprint density at radius 1 is 1.25 bits per heavy atom. The van der Waals surface area contributed by atoms with Gasteiger partial charge in [0.25, 0.3) is 5.91 Å². The van der Waals surface area contributed by atoms with Crippen LogP contribution in [-0.2, 0) is 6.54 Å². The number of nitrogens with one attached hydrogen (secondary N) is 2. The quantitative estimate of drug-likeness (QED) is 0.757. The Labute approximate surface area is 138 Å². The highest BCUT2D eigenvalue weighted by molar-refractivity contribution is 5.94. The molecule has 1 heterocycles. The maximum Gasteiger partial charge on any atom is 0.251 e. The number of hydrogen-bond donors (Lipinski definition) is 2. The Morgan fingerprint density at radius 3 is 2.75 bits per heavy atom. The van der Waals surface area contributed by atoms with Crippen LogP contribution in [0.1, 0.15) is 16.2 Å². The Bertz CT molecular complexity index is 846. The zero-order valence-electron chi connectivity index (χ0n) is 13.0. The van der Waals surface area contributed by atoms with Gasteiger partial charge in [-0.15, -0.1) is 0 Å². The fraction of sp³-hybridized carbons (Fsp3) is 0.111. The average Bonchev–Trinajstić information content (AvgIpc) is 3.09. The van der Waals surface area contributed by atoms with Gasteiger partial charge in [-0.3, -0.25) is 4.79 Å². The van der Waals surface area contributed by atoms with Crippen LogP contribution in [0.15, 0.2) is 54.7 Å². The molecule has 2 aromatic carbocycles. The predicted molar refractivity (Wildman–Crippen MR) is 88.1 cm³/mol. The van der Waals surface area contributed by atoms with Crippen molar-refractivity contribution in [2.75, 3.05) is 7.11 Å². The molecular weight excluding hydrogens is 309 g/mol. The smallest absolute Gasteiger partial charge is 0.251 e. The molecule has 0 atom stereocenters. The molecule has 0 bridgehead atoms. The SMILES string of the molecule is COc1ccc(C(=O)NCc2ncc(-c3ccccc3)[nH]2)cc1F. The van der Waals surface area contributed by atoms with Crippen molar-refractivity contribution in [1.82, 2.24) is 15.3 Å². The van der Waals surface area contributed by atoms with Gasteiger partial charge in [0.1, 0.15) is 5.82 Å². The summed E-state index contributed by atoms with van der Waals surface area (Å²) < 4.78 is 18.5. The number of halogens is 1. The molecule has 6 heteroatoms. The summed E-state index contributed by atoms with van der Waals surface area (Å²) in [5, 5.41) is 2.70. The summed E-state index contributed by atoms with van der Waals surface area (Å²) in [6.45, 7) is 0.222. The third kappa shape index (κ3) is 3.43. The van der Waals surface area contributed by atoms with Crippen LogP contribution in [0, 0.1) is 5.82 Å². The van der Waals surface area contributed by atoms with Crippen LogP contribution >= 0.6 is 0 Å². The molecule has 0 radical (unpaired) electrons. The first kappa shape index (κ1) is 15.7. The van der Waals surface area contributed by atoms with Crippen molar-refractivity contribution in [1.29, 1.82) is 0 Å². The lowest BCUT2D eigenvalue weighted by molar-refractivity contribution is 0.0949. The number of rotatable bonds is 5. The molecule has 3 aromatic rings. The molecule has 0 aliphatic carbocycles. The lowest BCUT2D eigenvalue weighted by atomic mass is 10.2. The van der Waals surface area contributed by atoms with E-state index in [1.54, 1.807) is 6.20 Å². The number of hydrogen-bond acceptors (Lipinski definition) is 3. The molecule has 0 saturated carbocycles. The summed E-state index contributed by atoms with van der Waals surface area (Å²) in [6.07, 6.45) is 1.71. The van der Waals surface area contributed by atoms with Gasteiger partial charge < -0.3 is 15.0 Å². The van der Waals surface area contributed by atoms with Crippen molar-refractivity contribution in [3.8, 4) is 17.0 Å². The summed E-state index contributed by atoms with van der Waals surface area (Å²) in [7, 11) is 1.37. The number of nitrogens with zero attached hydrogens (tertiary/aromatic N) is 1. The van der Waals surface area contributed by atoms with E-state index < -0.39 is 5.82 Å².